The van der Waals surface area contributed by atoms with Crippen molar-refractivity contribution in [2.24, 2.45) is 0 Å². The summed E-state index contributed by atoms with van der Waals surface area (Å²) in [6, 6.07) is 0.222. The molecule has 2 amide bonds. The Kier molecular flexibility index (Phi) is 0.356. The summed E-state index contributed by atoms with van der Waals surface area (Å²) in [4.78, 5) is 14.1. The van der Waals surface area contributed by atoms with Crippen molar-refractivity contribution >= 4 is 6.03 Å². The Morgan fingerprint density at radius 3 is 2.00 bits per heavy atom. The fourth-order valence-corrected chi connectivity index (χ4v) is 1.02. The maximum absolute atomic E-state index is 10.5. The summed E-state index contributed by atoms with van der Waals surface area (Å²) in [6.07, 6.45) is 0. The largest absolute Gasteiger partial charge is 0.322 e. The SMILES string of the molecule is O=C1N2CCN1C2. The lowest BCUT2D eigenvalue weighted by Gasteiger charge is -2.29. The lowest BCUT2D eigenvalue weighted by Crippen LogP contribution is -2.48. The first-order valence-corrected chi connectivity index (χ1v) is 2.42. The number of carbonyl (C=O) groups excluding carboxylic acids is 1. The third-order valence-corrected chi connectivity index (χ3v) is 1.52. The first-order chi connectivity index (χ1) is 3.38. The van der Waals surface area contributed by atoms with Gasteiger partial charge in [-0.25, -0.2) is 4.79 Å². The number of rotatable bonds is 0. The van der Waals surface area contributed by atoms with Crippen LogP contribution in [0.3, 0.4) is 0 Å². The molecule has 0 saturated carbocycles. The van der Waals surface area contributed by atoms with E-state index in [1.165, 1.54) is 0 Å². The molecule has 3 heteroatoms. The smallest absolute Gasteiger partial charge is 0.305 e. The van der Waals surface area contributed by atoms with Gasteiger partial charge in [0.15, 0.2) is 0 Å². The molecule has 3 aliphatic rings. The molecule has 7 heavy (non-hydrogen) atoms. The zero-order valence-electron chi connectivity index (χ0n) is 3.92. The molecule has 38 valence electrons. The van der Waals surface area contributed by atoms with Gasteiger partial charge in [-0.3, -0.25) is 0 Å². The van der Waals surface area contributed by atoms with E-state index in [-0.39, 0.29) is 6.03 Å². The van der Waals surface area contributed by atoms with E-state index in [0.717, 1.165) is 19.8 Å². The van der Waals surface area contributed by atoms with Gasteiger partial charge in [0.1, 0.15) is 0 Å². The molecular formula is C4H6N2O. The van der Waals surface area contributed by atoms with Crippen molar-refractivity contribution in [3.05, 3.63) is 0 Å². The van der Waals surface area contributed by atoms with Gasteiger partial charge in [-0.15, -0.1) is 0 Å². The van der Waals surface area contributed by atoms with Gasteiger partial charge in [0, 0.05) is 13.1 Å². The molecule has 3 saturated heterocycles. The highest BCUT2D eigenvalue weighted by Gasteiger charge is 2.39. The van der Waals surface area contributed by atoms with Gasteiger partial charge >= 0.3 is 6.03 Å². The molecule has 3 aliphatic heterocycles. The van der Waals surface area contributed by atoms with Crippen LogP contribution >= 0.6 is 0 Å². The Balaban J connectivity index is 2.29. The molecule has 3 fully saturated rings. The average Bonchev–Trinajstić information content (AvgIpc) is 2.18. The van der Waals surface area contributed by atoms with Gasteiger partial charge < -0.3 is 9.80 Å². The number of carbonyl (C=O) groups is 1. The van der Waals surface area contributed by atoms with Crippen LogP contribution in [-0.4, -0.2) is 35.6 Å². The molecule has 0 radical (unpaired) electrons. The van der Waals surface area contributed by atoms with Crippen molar-refractivity contribution in [1.82, 2.24) is 9.80 Å². The van der Waals surface area contributed by atoms with E-state index in [4.69, 9.17) is 0 Å². The minimum Gasteiger partial charge on any atom is -0.305 e. The van der Waals surface area contributed by atoms with Crippen LogP contribution < -0.4 is 0 Å². The molecular weight excluding hydrogens is 92.1 g/mol. The highest BCUT2D eigenvalue weighted by Crippen LogP contribution is 2.18. The summed E-state index contributed by atoms with van der Waals surface area (Å²) in [5.41, 5.74) is 0. The van der Waals surface area contributed by atoms with Crippen LogP contribution in [0.5, 0.6) is 0 Å². The van der Waals surface area contributed by atoms with Crippen LogP contribution in [0.25, 0.3) is 0 Å². The molecule has 3 heterocycles. The lowest BCUT2D eigenvalue weighted by atomic mass is 10.6. The molecule has 0 aromatic rings. The van der Waals surface area contributed by atoms with Gasteiger partial charge in [0.25, 0.3) is 0 Å². The fraction of sp³-hybridized carbons (Fsp3) is 0.750. The van der Waals surface area contributed by atoms with Crippen LogP contribution in [0.4, 0.5) is 4.79 Å². The minimum atomic E-state index is 0.222. The highest BCUT2D eigenvalue weighted by atomic mass is 16.2. The summed E-state index contributed by atoms with van der Waals surface area (Å²) >= 11 is 0. The zero-order chi connectivity index (χ0) is 4.85. The maximum Gasteiger partial charge on any atom is 0.322 e. The second-order valence-corrected chi connectivity index (χ2v) is 1.95. The van der Waals surface area contributed by atoms with E-state index in [1.54, 1.807) is 0 Å². The molecule has 0 spiro atoms. The van der Waals surface area contributed by atoms with Crippen molar-refractivity contribution in [1.29, 1.82) is 0 Å². The number of fused-ring (bicyclic) bond motifs is 1. The molecule has 0 atom stereocenters. The summed E-state index contributed by atoms with van der Waals surface area (Å²) in [5.74, 6) is 0. The maximum atomic E-state index is 10.5. The van der Waals surface area contributed by atoms with Crippen molar-refractivity contribution in [2.45, 2.75) is 0 Å². The quantitative estimate of drug-likeness (QED) is 0.408. The van der Waals surface area contributed by atoms with Crippen LogP contribution in [0.15, 0.2) is 0 Å². The van der Waals surface area contributed by atoms with Crippen molar-refractivity contribution < 1.29 is 4.79 Å². The summed E-state index contributed by atoms with van der Waals surface area (Å²) in [7, 11) is 0. The predicted molar refractivity (Wildman–Crippen MR) is 23.7 cm³/mol. The Morgan fingerprint density at radius 2 is 1.86 bits per heavy atom. The number of urea groups is 1. The summed E-state index contributed by atoms with van der Waals surface area (Å²) < 4.78 is 0. The Hall–Kier alpha value is -0.730. The van der Waals surface area contributed by atoms with E-state index in [1.807, 2.05) is 9.80 Å². The van der Waals surface area contributed by atoms with Gasteiger partial charge in [-0.05, 0) is 0 Å². The normalized spacial score (nSPS) is 26.0. The Bertz CT molecular complexity index is 107. The second-order valence-electron chi connectivity index (χ2n) is 1.95. The summed E-state index contributed by atoms with van der Waals surface area (Å²) in [5, 5.41) is 0. The standard InChI is InChI=1S/C4H6N2O/c7-4-5-1-2-6(4)3-5/h1-3H2. The molecule has 0 unspecified atom stereocenters. The lowest BCUT2D eigenvalue weighted by molar-refractivity contribution is 0.128. The van der Waals surface area contributed by atoms with Crippen LogP contribution in [-0.2, 0) is 0 Å². The average molecular weight is 98.1 g/mol. The monoisotopic (exact) mass is 98.0 g/mol. The van der Waals surface area contributed by atoms with Gasteiger partial charge in [-0.2, -0.15) is 0 Å². The molecule has 3 rings (SSSR count). The second kappa shape index (κ2) is 0.757. The molecule has 2 bridgehead atoms. The highest BCUT2D eigenvalue weighted by molar-refractivity contribution is 5.81. The van der Waals surface area contributed by atoms with Crippen molar-refractivity contribution in [3.8, 4) is 0 Å². The number of nitrogens with zero attached hydrogens (tertiary/aromatic N) is 2. The van der Waals surface area contributed by atoms with Crippen molar-refractivity contribution in [3.63, 3.8) is 0 Å². The van der Waals surface area contributed by atoms with E-state index in [9.17, 15) is 4.79 Å². The molecule has 0 aromatic heterocycles. The molecule has 0 aromatic carbocycles. The summed E-state index contributed by atoms with van der Waals surface area (Å²) in [6.45, 7) is 2.80. The predicted octanol–water partition coefficient (Wildman–Crippen LogP) is -0.305. The van der Waals surface area contributed by atoms with Gasteiger partial charge in [0.2, 0.25) is 0 Å². The van der Waals surface area contributed by atoms with Crippen molar-refractivity contribution in [2.75, 3.05) is 19.8 Å². The number of hydrogen-bond donors (Lipinski definition) is 0. The zero-order valence-corrected chi connectivity index (χ0v) is 3.92. The van der Waals surface area contributed by atoms with Gasteiger partial charge in [-0.1, -0.05) is 0 Å². The van der Waals surface area contributed by atoms with Crippen LogP contribution in [0.1, 0.15) is 0 Å². The Labute approximate surface area is 41.5 Å². The minimum absolute atomic E-state index is 0.222. The number of amides is 2. The van der Waals surface area contributed by atoms with E-state index in [0.29, 0.717) is 0 Å². The van der Waals surface area contributed by atoms with E-state index < -0.39 is 0 Å². The topological polar surface area (TPSA) is 23.6 Å². The van der Waals surface area contributed by atoms with E-state index in [2.05, 4.69) is 0 Å². The molecule has 0 N–H and O–H groups in total. The van der Waals surface area contributed by atoms with Crippen LogP contribution in [0.2, 0.25) is 0 Å². The number of hydrogen-bond acceptors (Lipinski definition) is 1. The first-order valence-electron chi connectivity index (χ1n) is 2.42. The fourth-order valence-electron chi connectivity index (χ4n) is 1.02. The van der Waals surface area contributed by atoms with Crippen LogP contribution in [0, 0.1) is 0 Å². The first kappa shape index (κ1) is 3.29. The third-order valence-electron chi connectivity index (χ3n) is 1.52. The third kappa shape index (κ3) is 0.213. The van der Waals surface area contributed by atoms with Gasteiger partial charge in [0.05, 0.1) is 6.67 Å². The Morgan fingerprint density at radius 1 is 1.29 bits per heavy atom. The molecule has 0 aliphatic carbocycles. The van der Waals surface area contributed by atoms with E-state index >= 15 is 0 Å². The molecule has 3 nitrogen and oxygen atoms in total.